The van der Waals surface area contributed by atoms with E-state index >= 15 is 0 Å². The second-order valence-electron chi connectivity index (χ2n) is 22.4. The quantitative estimate of drug-likeness (QED) is 0.166. The van der Waals surface area contributed by atoms with Gasteiger partial charge in [0.15, 0.2) is 5.82 Å². The van der Waals surface area contributed by atoms with Crippen molar-refractivity contribution in [2.45, 2.75) is 122 Å². The summed E-state index contributed by atoms with van der Waals surface area (Å²) in [6, 6.07) is 42.0. The molecule has 0 N–H and O–H groups in total. The van der Waals surface area contributed by atoms with E-state index in [1.165, 1.54) is 94.5 Å². The first-order valence-corrected chi connectivity index (χ1v) is 22.7. The third-order valence-electron chi connectivity index (χ3n) is 15.1. The number of benzene rings is 5. The molecule has 6 aromatic rings. The highest BCUT2D eigenvalue weighted by Crippen LogP contribution is 2.62. The number of hydrogen-bond acceptors (Lipinski definition) is 4. The molecule has 60 heavy (non-hydrogen) atoms. The molecule has 0 spiro atoms. The molecule has 4 aliphatic carbocycles. The zero-order valence-corrected chi connectivity index (χ0v) is 37.2. The summed E-state index contributed by atoms with van der Waals surface area (Å²) in [5, 5.41) is 10.3. The zero-order valence-electron chi connectivity index (χ0n) is 37.2. The monoisotopic (exact) mass is 789 g/mol. The predicted molar refractivity (Wildman–Crippen MR) is 251 cm³/mol. The smallest absolute Gasteiger partial charge is 0.280 e. The van der Waals surface area contributed by atoms with Gasteiger partial charge in [-0.1, -0.05) is 122 Å². The lowest BCUT2D eigenvalue weighted by molar-refractivity contribution is -0.00514. The van der Waals surface area contributed by atoms with Gasteiger partial charge < -0.3 is 4.90 Å². The van der Waals surface area contributed by atoms with Crippen molar-refractivity contribution in [2.75, 3.05) is 9.80 Å². The molecule has 1 aromatic heterocycles. The fourth-order valence-electron chi connectivity index (χ4n) is 12.4. The van der Waals surface area contributed by atoms with Crippen molar-refractivity contribution in [3.05, 3.63) is 131 Å². The van der Waals surface area contributed by atoms with E-state index in [0.717, 1.165) is 40.5 Å². The SMILES string of the molecule is CC(C)(C)c1ccc(N2c3ccc(C(C)(C)C)cc3B3c4nnn(-c5ccccc5)c4N(c4ccc(C(C)(C)C)cc4)c4cc(C56CC7CC(CC(C7)C5)C6)cc2c43)cc1. The maximum Gasteiger partial charge on any atom is 0.280 e. The molecule has 304 valence electrons. The van der Waals surface area contributed by atoms with Gasteiger partial charge in [0.25, 0.3) is 6.71 Å². The zero-order chi connectivity index (χ0) is 41.5. The van der Waals surface area contributed by atoms with Gasteiger partial charge in [-0.3, -0.25) is 4.90 Å². The van der Waals surface area contributed by atoms with E-state index in [2.05, 4.69) is 186 Å². The molecule has 0 unspecified atom stereocenters. The molecule has 0 atom stereocenters. The fraction of sp³-hybridized carbons (Fsp3) is 0.407. The molecule has 5 aromatic carbocycles. The standard InChI is InChI=1S/C54H60BN5/c1-51(2,3)37-15-20-41(21-16-37)58-45-24-19-39(53(7,8)9)28-44(45)55-48-46(58)29-40(54-31-34-25-35(32-54)27-36(26-34)33-54)30-47(48)59(42-22-17-38(18-23-42)52(4,5)6)50-49(55)56-57-60(50)43-13-11-10-12-14-43/h10-24,28-30,34-36H,25-27,31-33H2,1-9H3. The summed E-state index contributed by atoms with van der Waals surface area (Å²) in [4.78, 5) is 5.15. The fourth-order valence-corrected chi connectivity index (χ4v) is 12.4. The van der Waals surface area contributed by atoms with Crippen molar-refractivity contribution in [1.82, 2.24) is 15.0 Å². The van der Waals surface area contributed by atoms with Crippen molar-refractivity contribution in [1.29, 1.82) is 0 Å². The van der Waals surface area contributed by atoms with Gasteiger partial charge in [0.1, 0.15) is 0 Å². The molecule has 6 aliphatic rings. The van der Waals surface area contributed by atoms with E-state index in [4.69, 9.17) is 10.3 Å². The first-order valence-electron chi connectivity index (χ1n) is 22.7. The second-order valence-corrected chi connectivity index (χ2v) is 22.4. The van der Waals surface area contributed by atoms with E-state index in [1.54, 1.807) is 0 Å². The molecule has 5 nitrogen and oxygen atoms in total. The predicted octanol–water partition coefficient (Wildman–Crippen LogP) is 11.7. The van der Waals surface area contributed by atoms with Crippen LogP contribution in [0.15, 0.2) is 109 Å². The highest BCUT2D eigenvalue weighted by atomic mass is 15.5. The van der Waals surface area contributed by atoms with Crippen molar-refractivity contribution in [2.24, 2.45) is 17.8 Å². The first kappa shape index (κ1) is 37.9. The van der Waals surface area contributed by atoms with Crippen LogP contribution in [0.3, 0.4) is 0 Å². The molecule has 4 saturated carbocycles. The van der Waals surface area contributed by atoms with E-state index < -0.39 is 0 Å². The van der Waals surface area contributed by atoms with Gasteiger partial charge in [0.05, 0.1) is 11.3 Å². The number of rotatable bonds is 4. The Kier molecular flexibility index (Phi) is 8.18. The van der Waals surface area contributed by atoms with Gasteiger partial charge in [0.2, 0.25) is 0 Å². The Morgan fingerprint density at radius 3 is 1.57 bits per heavy atom. The summed E-state index contributed by atoms with van der Waals surface area (Å²) >= 11 is 0. The number of fused-ring (bicyclic) bond motifs is 4. The minimum Gasteiger partial charge on any atom is -0.311 e. The molecule has 12 rings (SSSR count). The van der Waals surface area contributed by atoms with Crippen LogP contribution in [0.25, 0.3) is 5.69 Å². The molecular weight excluding hydrogens is 729 g/mol. The molecule has 0 saturated heterocycles. The summed E-state index contributed by atoms with van der Waals surface area (Å²) in [6.45, 7) is 20.7. The van der Waals surface area contributed by atoms with Crippen LogP contribution in [0.4, 0.5) is 34.3 Å². The Hall–Kier alpha value is -5.10. The highest BCUT2D eigenvalue weighted by Gasteiger charge is 2.54. The normalized spacial score (nSPS) is 22.8. The Morgan fingerprint density at radius 2 is 1.03 bits per heavy atom. The molecule has 0 radical (unpaired) electrons. The van der Waals surface area contributed by atoms with Crippen molar-refractivity contribution in [3.8, 4) is 5.69 Å². The molecule has 2 aliphatic heterocycles. The van der Waals surface area contributed by atoms with Crippen LogP contribution in [0.2, 0.25) is 0 Å². The lowest BCUT2D eigenvalue weighted by Gasteiger charge is -2.57. The molecular formula is C54H60BN5. The third-order valence-corrected chi connectivity index (χ3v) is 15.1. The molecule has 4 fully saturated rings. The Bertz CT molecular complexity index is 2600. The van der Waals surface area contributed by atoms with Gasteiger partial charge in [-0.25, -0.2) is 0 Å². The maximum absolute atomic E-state index is 5.25. The Balaban J connectivity index is 1.24. The summed E-state index contributed by atoms with van der Waals surface area (Å²) in [5.41, 5.74) is 16.6. The van der Waals surface area contributed by atoms with Crippen LogP contribution >= 0.6 is 0 Å². The maximum atomic E-state index is 5.25. The Labute approximate surface area is 358 Å². The molecule has 6 heteroatoms. The van der Waals surface area contributed by atoms with E-state index in [1.807, 2.05) is 0 Å². The number of hydrogen-bond donors (Lipinski definition) is 0. The lowest BCUT2D eigenvalue weighted by atomic mass is 9.35. The van der Waals surface area contributed by atoms with Gasteiger partial charge in [-0.05, 0) is 166 Å². The van der Waals surface area contributed by atoms with Crippen molar-refractivity contribution >= 4 is 57.5 Å². The van der Waals surface area contributed by atoms with E-state index in [0.29, 0.717) is 0 Å². The number of para-hydroxylation sites is 1. The number of anilines is 6. The third kappa shape index (κ3) is 5.86. The topological polar surface area (TPSA) is 37.2 Å². The van der Waals surface area contributed by atoms with Gasteiger partial charge in [-0.15, -0.1) is 5.10 Å². The minimum atomic E-state index is -0.0969. The van der Waals surface area contributed by atoms with E-state index in [-0.39, 0.29) is 28.4 Å². The lowest BCUT2D eigenvalue weighted by Crippen LogP contribution is -2.62. The van der Waals surface area contributed by atoms with Crippen LogP contribution in [0.1, 0.15) is 123 Å². The number of nitrogens with zero attached hydrogens (tertiary/aromatic N) is 5. The minimum absolute atomic E-state index is 0.0281. The van der Waals surface area contributed by atoms with Crippen molar-refractivity contribution < 1.29 is 0 Å². The first-order chi connectivity index (χ1) is 28.6. The van der Waals surface area contributed by atoms with Crippen LogP contribution in [0, 0.1) is 17.8 Å². The summed E-state index contributed by atoms with van der Waals surface area (Å²) in [7, 11) is 0. The second kappa shape index (κ2) is 13.0. The largest absolute Gasteiger partial charge is 0.311 e. The van der Waals surface area contributed by atoms with E-state index in [9.17, 15) is 0 Å². The van der Waals surface area contributed by atoms with Crippen LogP contribution in [0.5, 0.6) is 0 Å². The number of aromatic nitrogens is 3. The average Bonchev–Trinajstić information content (AvgIpc) is 3.64. The average molecular weight is 790 g/mol. The molecule has 0 amide bonds. The summed E-state index contributed by atoms with van der Waals surface area (Å²) in [6.07, 6.45) is 8.19. The van der Waals surface area contributed by atoms with Crippen LogP contribution in [-0.4, -0.2) is 21.7 Å². The van der Waals surface area contributed by atoms with Gasteiger partial charge in [-0.2, -0.15) is 4.68 Å². The summed E-state index contributed by atoms with van der Waals surface area (Å²) < 4.78 is 2.11. The Morgan fingerprint density at radius 1 is 0.533 bits per heavy atom. The van der Waals surface area contributed by atoms with Crippen LogP contribution in [-0.2, 0) is 21.7 Å². The highest BCUT2D eigenvalue weighted by molar-refractivity contribution is 6.99. The summed E-state index contributed by atoms with van der Waals surface area (Å²) in [5.74, 6) is 3.55. The molecule has 3 heterocycles. The van der Waals surface area contributed by atoms with Crippen molar-refractivity contribution in [3.63, 3.8) is 0 Å². The van der Waals surface area contributed by atoms with Gasteiger partial charge >= 0.3 is 0 Å². The molecule has 4 bridgehead atoms. The van der Waals surface area contributed by atoms with Crippen LogP contribution < -0.4 is 26.3 Å². The van der Waals surface area contributed by atoms with Gasteiger partial charge in [0, 0.05) is 28.4 Å².